The summed E-state index contributed by atoms with van der Waals surface area (Å²) in [7, 11) is 1.57. The van der Waals surface area contributed by atoms with Gasteiger partial charge in [0.15, 0.2) is 5.65 Å². The van der Waals surface area contributed by atoms with Crippen LogP contribution in [0.25, 0.3) is 16.9 Å². The van der Waals surface area contributed by atoms with Gasteiger partial charge in [-0.05, 0) is 30.3 Å². The Kier molecular flexibility index (Phi) is 2.76. The number of nitrogens with two attached hydrogens (primary N) is 1. The lowest BCUT2D eigenvalue weighted by Gasteiger charge is -2.06. The smallest absolute Gasteiger partial charge is 0.215 e. The number of nitrogens with zero attached hydrogens (tertiary/aromatic N) is 3. The average Bonchev–Trinajstić information content (AvgIpc) is 2.75. The first-order valence-electron chi connectivity index (χ1n) is 5.64. The van der Waals surface area contributed by atoms with Gasteiger partial charge in [-0.15, -0.1) is 0 Å². The number of rotatable bonds is 2. The number of aromatic nitrogens is 3. The first kappa shape index (κ1) is 11.8. The van der Waals surface area contributed by atoms with E-state index in [1.807, 2.05) is 18.2 Å². The molecule has 0 atom stereocenters. The van der Waals surface area contributed by atoms with Gasteiger partial charge in [-0.1, -0.05) is 11.6 Å². The molecule has 3 rings (SSSR count). The Hall–Kier alpha value is -2.27. The molecule has 0 aliphatic rings. The molecule has 6 heteroatoms. The largest absolute Gasteiger partial charge is 0.481 e. The quantitative estimate of drug-likeness (QED) is 0.780. The molecule has 0 spiro atoms. The van der Waals surface area contributed by atoms with E-state index in [9.17, 15) is 0 Å². The number of hydrogen-bond donors (Lipinski definition) is 1. The van der Waals surface area contributed by atoms with Crippen molar-refractivity contribution in [3.05, 3.63) is 41.4 Å². The topological polar surface area (TPSA) is 66.0 Å². The summed E-state index contributed by atoms with van der Waals surface area (Å²) < 4.78 is 6.89. The molecule has 2 aromatic heterocycles. The third-order valence-corrected chi connectivity index (χ3v) is 3.05. The number of ether oxygens (including phenoxy) is 1. The number of nitrogen functional groups attached to an aromatic ring is 1. The van der Waals surface area contributed by atoms with Crippen molar-refractivity contribution in [2.24, 2.45) is 0 Å². The number of halogens is 1. The molecule has 0 unspecified atom stereocenters. The van der Waals surface area contributed by atoms with Crippen molar-refractivity contribution < 1.29 is 4.74 Å². The predicted octanol–water partition coefficient (Wildman–Crippen LogP) is 2.66. The highest BCUT2D eigenvalue weighted by Gasteiger charge is 2.12. The molecule has 0 aliphatic carbocycles. The Bertz CT molecular complexity index is 736. The molecule has 0 radical (unpaired) electrons. The minimum atomic E-state index is 0.373. The zero-order valence-electron chi connectivity index (χ0n) is 10.2. The minimum absolute atomic E-state index is 0.373. The van der Waals surface area contributed by atoms with Crippen LogP contribution in [0.2, 0.25) is 5.02 Å². The van der Waals surface area contributed by atoms with E-state index in [2.05, 4.69) is 9.97 Å². The molecule has 0 aliphatic heterocycles. The molecule has 0 saturated heterocycles. The monoisotopic (exact) mass is 274 g/mol. The number of anilines is 1. The van der Waals surface area contributed by atoms with Crippen LogP contribution >= 0.6 is 11.6 Å². The van der Waals surface area contributed by atoms with E-state index in [0.717, 1.165) is 5.69 Å². The summed E-state index contributed by atoms with van der Waals surface area (Å²) in [4.78, 5) is 8.66. The lowest BCUT2D eigenvalue weighted by atomic mass is 10.3. The standard InChI is InChI=1S/C13H11ClN4O/c1-19-11-7-6-10-12(17-11)18(13(15)16-10)9-4-2-8(14)3-5-9/h2-7H,1H3,(H2,15,16). The fourth-order valence-electron chi connectivity index (χ4n) is 1.92. The van der Waals surface area contributed by atoms with Gasteiger partial charge in [0.25, 0.3) is 0 Å². The van der Waals surface area contributed by atoms with Crippen LogP contribution in [0.1, 0.15) is 0 Å². The van der Waals surface area contributed by atoms with Gasteiger partial charge in [0.2, 0.25) is 11.8 Å². The molecular formula is C13H11ClN4O. The molecule has 1 aromatic carbocycles. The summed E-state index contributed by atoms with van der Waals surface area (Å²) >= 11 is 5.89. The zero-order chi connectivity index (χ0) is 13.4. The first-order chi connectivity index (χ1) is 9.19. The van der Waals surface area contributed by atoms with Crippen molar-refractivity contribution in [2.45, 2.75) is 0 Å². The van der Waals surface area contributed by atoms with Crippen LogP contribution in [-0.2, 0) is 0 Å². The van der Waals surface area contributed by atoms with Crippen LogP contribution in [-0.4, -0.2) is 21.6 Å². The maximum absolute atomic E-state index is 5.95. The third kappa shape index (κ3) is 1.98. The number of imidazole rings is 1. The van der Waals surface area contributed by atoms with Gasteiger partial charge in [-0.2, -0.15) is 4.98 Å². The Morgan fingerprint density at radius 3 is 2.53 bits per heavy atom. The second-order valence-electron chi connectivity index (χ2n) is 3.98. The average molecular weight is 275 g/mol. The Morgan fingerprint density at radius 1 is 1.11 bits per heavy atom. The fraction of sp³-hybridized carbons (Fsp3) is 0.0769. The highest BCUT2D eigenvalue weighted by Crippen LogP contribution is 2.24. The highest BCUT2D eigenvalue weighted by atomic mass is 35.5. The molecule has 0 fully saturated rings. The molecule has 19 heavy (non-hydrogen) atoms. The van der Waals surface area contributed by atoms with E-state index < -0.39 is 0 Å². The number of methoxy groups -OCH3 is 1. The van der Waals surface area contributed by atoms with Crippen LogP contribution in [0.15, 0.2) is 36.4 Å². The lowest BCUT2D eigenvalue weighted by molar-refractivity contribution is 0.399. The number of benzene rings is 1. The SMILES string of the molecule is COc1ccc2nc(N)n(-c3ccc(Cl)cc3)c2n1. The minimum Gasteiger partial charge on any atom is -0.481 e. The van der Waals surface area contributed by atoms with E-state index in [1.54, 1.807) is 29.9 Å². The normalized spacial score (nSPS) is 10.8. The Balaban J connectivity index is 2.26. The van der Waals surface area contributed by atoms with Crippen LogP contribution in [0, 0.1) is 0 Å². The maximum atomic E-state index is 5.95. The van der Waals surface area contributed by atoms with Gasteiger partial charge >= 0.3 is 0 Å². The summed E-state index contributed by atoms with van der Waals surface area (Å²) in [5, 5.41) is 0.664. The predicted molar refractivity (Wildman–Crippen MR) is 74.8 cm³/mol. The van der Waals surface area contributed by atoms with Crippen molar-refractivity contribution in [1.29, 1.82) is 0 Å². The molecule has 0 amide bonds. The van der Waals surface area contributed by atoms with E-state index in [4.69, 9.17) is 22.1 Å². The Labute approximate surface area is 114 Å². The lowest BCUT2D eigenvalue weighted by Crippen LogP contribution is -2.01. The molecule has 2 heterocycles. The van der Waals surface area contributed by atoms with Gasteiger partial charge in [0.1, 0.15) is 5.52 Å². The number of hydrogen-bond acceptors (Lipinski definition) is 4. The second kappa shape index (κ2) is 4.44. The molecule has 5 nitrogen and oxygen atoms in total. The van der Waals surface area contributed by atoms with Gasteiger partial charge in [0.05, 0.1) is 12.8 Å². The van der Waals surface area contributed by atoms with Crippen molar-refractivity contribution in [1.82, 2.24) is 14.5 Å². The zero-order valence-corrected chi connectivity index (χ0v) is 10.9. The molecule has 0 saturated carbocycles. The summed E-state index contributed by atoms with van der Waals surface area (Å²) in [5.74, 6) is 0.890. The van der Waals surface area contributed by atoms with Crippen LogP contribution in [0.3, 0.4) is 0 Å². The van der Waals surface area contributed by atoms with E-state index >= 15 is 0 Å². The highest BCUT2D eigenvalue weighted by molar-refractivity contribution is 6.30. The maximum Gasteiger partial charge on any atom is 0.215 e. The van der Waals surface area contributed by atoms with Gasteiger partial charge < -0.3 is 10.5 Å². The van der Waals surface area contributed by atoms with Crippen molar-refractivity contribution >= 4 is 28.7 Å². The molecule has 0 bridgehead atoms. The number of fused-ring (bicyclic) bond motifs is 1. The van der Waals surface area contributed by atoms with Crippen molar-refractivity contribution in [3.63, 3.8) is 0 Å². The van der Waals surface area contributed by atoms with Crippen LogP contribution in [0.4, 0.5) is 5.95 Å². The molecule has 2 N–H and O–H groups in total. The van der Waals surface area contributed by atoms with E-state index in [0.29, 0.717) is 28.0 Å². The van der Waals surface area contributed by atoms with Crippen molar-refractivity contribution in [2.75, 3.05) is 12.8 Å². The second-order valence-corrected chi connectivity index (χ2v) is 4.41. The summed E-state index contributed by atoms with van der Waals surface area (Å²) in [6, 6.07) is 10.9. The van der Waals surface area contributed by atoms with Crippen LogP contribution < -0.4 is 10.5 Å². The van der Waals surface area contributed by atoms with E-state index in [-0.39, 0.29) is 0 Å². The van der Waals surface area contributed by atoms with Gasteiger partial charge in [0, 0.05) is 11.1 Å². The summed E-state index contributed by atoms with van der Waals surface area (Å²) in [6.07, 6.45) is 0. The van der Waals surface area contributed by atoms with E-state index in [1.165, 1.54) is 0 Å². The van der Waals surface area contributed by atoms with Crippen molar-refractivity contribution in [3.8, 4) is 11.6 Å². The fourth-order valence-corrected chi connectivity index (χ4v) is 2.04. The summed E-state index contributed by atoms with van der Waals surface area (Å²) in [5.41, 5.74) is 8.17. The molecule has 96 valence electrons. The van der Waals surface area contributed by atoms with Crippen LogP contribution in [0.5, 0.6) is 5.88 Å². The molecule has 3 aromatic rings. The Morgan fingerprint density at radius 2 is 1.84 bits per heavy atom. The van der Waals surface area contributed by atoms with Gasteiger partial charge in [-0.3, -0.25) is 4.57 Å². The first-order valence-corrected chi connectivity index (χ1v) is 6.02. The molecular weight excluding hydrogens is 264 g/mol. The van der Waals surface area contributed by atoms with Gasteiger partial charge in [-0.25, -0.2) is 4.98 Å². The third-order valence-electron chi connectivity index (χ3n) is 2.80. The summed E-state index contributed by atoms with van der Waals surface area (Å²) in [6.45, 7) is 0. The number of pyridine rings is 1.